The number of halogens is 1. The van der Waals surface area contributed by atoms with Gasteiger partial charge in [0.1, 0.15) is 12.4 Å². The SMILES string of the molecule is CC1(C)C[C@H](O)C[C@H](c2ccc(Cl)c(Cc3ccc4c(c3)NCCO4)c2)O1. The van der Waals surface area contributed by atoms with Crippen LogP contribution in [0.1, 0.15) is 49.5 Å². The van der Waals surface area contributed by atoms with Crippen LogP contribution in [0.3, 0.4) is 0 Å². The number of fused-ring (bicyclic) bond motifs is 1. The summed E-state index contributed by atoms with van der Waals surface area (Å²) in [6.45, 7) is 5.58. The van der Waals surface area contributed by atoms with Gasteiger partial charge >= 0.3 is 0 Å². The van der Waals surface area contributed by atoms with E-state index in [0.717, 1.165) is 40.6 Å². The molecule has 4 rings (SSSR count). The molecule has 5 heteroatoms. The monoisotopic (exact) mass is 387 g/mol. The van der Waals surface area contributed by atoms with E-state index in [0.29, 0.717) is 19.4 Å². The second-order valence-electron chi connectivity index (χ2n) is 8.09. The lowest BCUT2D eigenvalue weighted by Gasteiger charge is -2.39. The van der Waals surface area contributed by atoms with Gasteiger partial charge in [-0.3, -0.25) is 0 Å². The van der Waals surface area contributed by atoms with E-state index in [1.165, 1.54) is 5.56 Å². The molecule has 0 amide bonds. The number of hydrogen-bond acceptors (Lipinski definition) is 4. The quantitative estimate of drug-likeness (QED) is 0.799. The minimum atomic E-state index is -0.343. The molecule has 0 aliphatic carbocycles. The number of ether oxygens (including phenoxy) is 2. The van der Waals surface area contributed by atoms with Gasteiger partial charge in [0.25, 0.3) is 0 Å². The lowest BCUT2D eigenvalue weighted by Crippen LogP contribution is -2.38. The summed E-state index contributed by atoms with van der Waals surface area (Å²) in [6.07, 6.45) is 1.56. The molecule has 4 nitrogen and oxygen atoms in total. The standard InChI is InChI=1S/C22H26ClNO3/c1-22(2)13-17(25)12-21(27-22)15-4-5-18(23)16(11-15)9-14-3-6-20-19(10-14)24-7-8-26-20/h3-6,10-11,17,21,24-25H,7-9,12-13H2,1-2H3/t17-,21-/m1/s1. The third-order valence-electron chi connectivity index (χ3n) is 5.23. The Labute approximate surface area is 165 Å². The van der Waals surface area contributed by atoms with Gasteiger partial charge in [-0.15, -0.1) is 0 Å². The van der Waals surface area contributed by atoms with Crippen molar-refractivity contribution in [2.75, 3.05) is 18.5 Å². The van der Waals surface area contributed by atoms with Gasteiger partial charge in [0.15, 0.2) is 0 Å². The van der Waals surface area contributed by atoms with E-state index in [4.69, 9.17) is 21.1 Å². The first-order valence-electron chi connectivity index (χ1n) is 9.53. The van der Waals surface area contributed by atoms with Crippen LogP contribution in [-0.2, 0) is 11.2 Å². The van der Waals surface area contributed by atoms with E-state index in [-0.39, 0.29) is 17.8 Å². The molecule has 1 saturated heterocycles. The van der Waals surface area contributed by atoms with Gasteiger partial charge in [-0.25, -0.2) is 0 Å². The first-order chi connectivity index (χ1) is 12.9. The molecule has 144 valence electrons. The average Bonchev–Trinajstić information content (AvgIpc) is 2.62. The number of aliphatic hydroxyl groups is 1. The van der Waals surface area contributed by atoms with Crippen LogP contribution in [-0.4, -0.2) is 30.0 Å². The number of benzene rings is 2. The minimum absolute atomic E-state index is 0.113. The lowest BCUT2D eigenvalue weighted by atomic mass is 9.89. The van der Waals surface area contributed by atoms with E-state index < -0.39 is 0 Å². The first kappa shape index (κ1) is 18.6. The Hall–Kier alpha value is -1.75. The fourth-order valence-electron chi connectivity index (χ4n) is 4.03. The van der Waals surface area contributed by atoms with E-state index >= 15 is 0 Å². The topological polar surface area (TPSA) is 50.7 Å². The summed E-state index contributed by atoms with van der Waals surface area (Å²) in [7, 11) is 0. The molecule has 0 aromatic heterocycles. The van der Waals surface area contributed by atoms with Crippen LogP contribution in [0.4, 0.5) is 5.69 Å². The normalized spacial score (nSPS) is 23.9. The second kappa shape index (κ2) is 7.34. The summed E-state index contributed by atoms with van der Waals surface area (Å²) in [6, 6.07) is 12.3. The molecule has 0 bridgehead atoms. The zero-order valence-corrected chi connectivity index (χ0v) is 16.6. The zero-order valence-electron chi connectivity index (χ0n) is 15.8. The summed E-state index contributed by atoms with van der Waals surface area (Å²) in [4.78, 5) is 0. The molecule has 2 heterocycles. The fraction of sp³-hybridized carbons (Fsp3) is 0.455. The third-order valence-corrected chi connectivity index (χ3v) is 5.60. The van der Waals surface area contributed by atoms with E-state index in [1.807, 2.05) is 32.0 Å². The predicted octanol–water partition coefficient (Wildman–Crippen LogP) is 4.73. The highest BCUT2D eigenvalue weighted by molar-refractivity contribution is 6.31. The van der Waals surface area contributed by atoms with Crippen LogP contribution in [0.15, 0.2) is 36.4 Å². The summed E-state index contributed by atoms with van der Waals surface area (Å²) in [5.41, 5.74) is 4.02. The van der Waals surface area contributed by atoms with Crippen molar-refractivity contribution < 1.29 is 14.6 Å². The maximum absolute atomic E-state index is 10.2. The molecule has 0 unspecified atom stereocenters. The second-order valence-corrected chi connectivity index (χ2v) is 8.50. The van der Waals surface area contributed by atoms with Crippen LogP contribution in [0.5, 0.6) is 5.75 Å². The predicted molar refractivity (Wildman–Crippen MR) is 108 cm³/mol. The Morgan fingerprint density at radius 2 is 2.07 bits per heavy atom. The van der Waals surface area contributed by atoms with Gasteiger partial charge in [-0.2, -0.15) is 0 Å². The molecule has 2 N–H and O–H groups in total. The van der Waals surface area contributed by atoms with Crippen molar-refractivity contribution in [3.8, 4) is 5.75 Å². The maximum atomic E-state index is 10.2. The number of rotatable bonds is 3. The molecule has 0 spiro atoms. The van der Waals surface area contributed by atoms with E-state index in [1.54, 1.807) is 0 Å². The average molecular weight is 388 g/mol. The van der Waals surface area contributed by atoms with Crippen LogP contribution >= 0.6 is 11.6 Å². The molecule has 1 fully saturated rings. The number of hydrogen-bond donors (Lipinski definition) is 2. The Balaban J connectivity index is 1.58. The summed E-state index contributed by atoms with van der Waals surface area (Å²) in [5.74, 6) is 0.900. The smallest absolute Gasteiger partial charge is 0.142 e. The number of aliphatic hydroxyl groups excluding tert-OH is 1. The molecule has 0 saturated carbocycles. The van der Waals surface area contributed by atoms with Gasteiger partial charge in [-0.05, 0) is 55.2 Å². The van der Waals surface area contributed by atoms with Crippen LogP contribution < -0.4 is 10.1 Å². The highest BCUT2D eigenvalue weighted by Crippen LogP contribution is 2.38. The van der Waals surface area contributed by atoms with Crippen molar-refractivity contribution in [1.29, 1.82) is 0 Å². The third kappa shape index (κ3) is 4.23. The van der Waals surface area contributed by atoms with Gasteiger partial charge in [0.2, 0.25) is 0 Å². The van der Waals surface area contributed by atoms with Crippen molar-refractivity contribution >= 4 is 17.3 Å². The number of nitrogens with one attached hydrogen (secondary N) is 1. The van der Waals surface area contributed by atoms with Crippen LogP contribution in [0, 0.1) is 0 Å². The van der Waals surface area contributed by atoms with Crippen molar-refractivity contribution in [2.24, 2.45) is 0 Å². The Morgan fingerprint density at radius 3 is 2.89 bits per heavy atom. The van der Waals surface area contributed by atoms with Gasteiger partial charge in [0, 0.05) is 24.4 Å². The molecule has 0 radical (unpaired) electrons. The van der Waals surface area contributed by atoms with Crippen LogP contribution in [0.25, 0.3) is 0 Å². The highest BCUT2D eigenvalue weighted by atomic mass is 35.5. The lowest BCUT2D eigenvalue weighted by molar-refractivity contribution is -0.146. The molecule has 2 aromatic carbocycles. The molecule has 2 aliphatic rings. The Morgan fingerprint density at radius 1 is 1.22 bits per heavy atom. The Bertz CT molecular complexity index is 836. The first-order valence-corrected chi connectivity index (χ1v) is 9.91. The molecule has 27 heavy (non-hydrogen) atoms. The summed E-state index contributed by atoms with van der Waals surface area (Å²) in [5, 5.41) is 14.3. The summed E-state index contributed by atoms with van der Waals surface area (Å²) < 4.78 is 11.9. The van der Waals surface area contributed by atoms with Crippen molar-refractivity contribution in [2.45, 2.75) is 50.9 Å². The zero-order chi connectivity index (χ0) is 19.0. The number of anilines is 1. The van der Waals surface area contributed by atoms with Crippen LogP contribution in [0.2, 0.25) is 5.02 Å². The van der Waals surface area contributed by atoms with Crippen molar-refractivity contribution in [3.05, 3.63) is 58.1 Å². The van der Waals surface area contributed by atoms with Gasteiger partial charge in [0.05, 0.1) is 23.5 Å². The van der Waals surface area contributed by atoms with Gasteiger partial charge < -0.3 is 19.9 Å². The van der Waals surface area contributed by atoms with E-state index in [9.17, 15) is 5.11 Å². The van der Waals surface area contributed by atoms with E-state index in [2.05, 4.69) is 23.5 Å². The largest absolute Gasteiger partial charge is 0.490 e. The minimum Gasteiger partial charge on any atom is -0.490 e. The fourth-order valence-corrected chi connectivity index (χ4v) is 4.22. The molecular formula is C22H26ClNO3. The highest BCUT2D eigenvalue weighted by Gasteiger charge is 2.34. The molecular weight excluding hydrogens is 362 g/mol. The van der Waals surface area contributed by atoms with Gasteiger partial charge in [-0.1, -0.05) is 29.8 Å². The maximum Gasteiger partial charge on any atom is 0.142 e. The molecule has 2 aromatic rings. The molecule has 2 aliphatic heterocycles. The summed E-state index contributed by atoms with van der Waals surface area (Å²) >= 11 is 6.48. The van der Waals surface area contributed by atoms with Crippen molar-refractivity contribution in [3.63, 3.8) is 0 Å². The van der Waals surface area contributed by atoms with Crippen molar-refractivity contribution in [1.82, 2.24) is 0 Å². The Kier molecular flexibility index (Phi) is 5.06. The molecule has 2 atom stereocenters.